The van der Waals surface area contributed by atoms with Crippen LogP contribution in [0, 0.1) is 0 Å². The number of hydrogen-bond acceptors (Lipinski definition) is 9. The lowest BCUT2D eigenvalue weighted by Gasteiger charge is -2.17. The van der Waals surface area contributed by atoms with Crippen molar-refractivity contribution in [2.75, 3.05) is 5.73 Å². The minimum absolute atomic E-state index is 0.188. The third-order valence-corrected chi connectivity index (χ3v) is 3.25. The second kappa shape index (κ2) is 6.33. The van der Waals surface area contributed by atoms with E-state index < -0.39 is 49.4 Å². The van der Waals surface area contributed by atoms with E-state index in [2.05, 4.69) is 9.61 Å². The third kappa shape index (κ3) is 4.11. The summed E-state index contributed by atoms with van der Waals surface area (Å²) in [6, 6.07) is 0. The van der Waals surface area contributed by atoms with E-state index in [4.69, 9.17) is 25.4 Å². The highest BCUT2D eigenvalue weighted by atomic mass is 31.2. The van der Waals surface area contributed by atoms with Gasteiger partial charge in [0, 0.05) is 12.6 Å². The molecule has 1 aliphatic rings. The van der Waals surface area contributed by atoms with Crippen LogP contribution in [-0.2, 0) is 13.9 Å². The number of aromatic carboxylic acids is 1. The van der Waals surface area contributed by atoms with Gasteiger partial charge in [0.2, 0.25) is 0 Å². The average Bonchev–Trinajstić information content (AvgIpc) is 2.76. The predicted octanol–water partition coefficient (Wildman–Crippen LogP) is -2.26. The molecule has 7 N–H and O–H groups in total. The summed E-state index contributed by atoms with van der Waals surface area (Å²) in [7, 11) is -4.85. The molecule has 128 valence electrons. The van der Waals surface area contributed by atoms with E-state index in [-0.39, 0.29) is 6.42 Å². The molecule has 1 aliphatic heterocycles. The van der Waals surface area contributed by atoms with E-state index >= 15 is 0 Å². The highest BCUT2D eigenvalue weighted by Crippen LogP contribution is 2.35. The summed E-state index contributed by atoms with van der Waals surface area (Å²) in [5.74, 6) is -1.89. The van der Waals surface area contributed by atoms with Crippen LogP contribution in [0.5, 0.6) is 0 Å². The Morgan fingerprint density at radius 3 is 2.78 bits per heavy atom. The molecule has 0 aromatic carbocycles. The molecule has 0 aliphatic carbocycles. The second-order valence-corrected chi connectivity index (χ2v) is 5.71. The first-order chi connectivity index (χ1) is 10.6. The molecule has 23 heavy (non-hydrogen) atoms. The molecule has 2 rings (SSSR count). The smallest absolute Gasteiger partial charge is 0.478 e. The number of hydroxylamine groups is 1. The first kappa shape index (κ1) is 17.5. The predicted molar refractivity (Wildman–Crippen MR) is 70.7 cm³/mol. The molecule has 0 bridgehead atoms. The maximum Gasteiger partial charge on any atom is 0.486 e. The largest absolute Gasteiger partial charge is 0.486 e. The molecule has 1 aromatic rings. The van der Waals surface area contributed by atoms with Crippen molar-refractivity contribution in [1.29, 1.82) is 0 Å². The number of aromatic nitrogens is 2. The summed E-state index contributed by atoms with van der Waals surface area (Å²) in [6.07, 6.45) is -3.07. The molecule has 0 amide bonds. The van der Waals surface area contributed by atoms with Gasteiger partial charge in [0.05, 0.1) is 6.10 Å². The number of nitrogens with one attached hydrogen (secondary N) is 1. The Labute approximate surface area is 127 Å². The van der Waals surface area contributed by atoms with E-state index in [1.54, 1.807) is 0 Å². The van der Waals surface area contributed by atoms with Crippen LogP contribution in [0.25, 0.3) is 0 Å². The number of nitrogens with zero attached hydrogens (tertiary/aromatic N) is 2. The second-order valence-electron chi connectivity index (χ2n) is 4.55. The normalized spacial score (nSPS) is 24.7. The number of rotatable bonds is 5. The fourth-order valence-corrected chi connectivity index (χ4v) is 2.15. The fraction of sp³-hybridized carbons (Fsp3) is 0.444. The number of nitrogen functional groups attached to an aromatic ring is 1. The number of ether oxygens (including phenoxy) is 1. The van der Waals surface area contributed by atoms with Gasteiger partial charge in [-0.3, -0.25) is 4.57 Å². The maximum absolute atomic E-state index is 11.8. The highest BCUT2D eigenvalue weighted by Gasteiger charge is 2.37. The molecule has 3 atom stereocenters. The molecular weight excluding hydrogens is 339 g/mol. The molecule has 0 unspecified atom stereocenters. The molecule has 1 fully saturated rings. The summed E-state index contributed by atoms with van der Waals surface area (Å²) in [5, 5.41) is 18.7. The number of carboxylic acid groups (broad SMARTS) is 1. The number of anilines is 1. The minimum atomic E-state index is -4.85. The van der Waals surface area contributed by atoms with Crippen molar-refractivity contribution >= 4 is 19.6 Å². The first-order valence-electron chi connectivity index (χ1n) is 6.03. The van der Waals surface area contributed by atoms with Crippen molar-refractivity contribution in [2.24, 2.45) is 0 Å². The Bertz CT molecular complexity index is 715. The molecule has 1 aromatic heterocycles. The molecule has 2 heterocycles. The first-order valence-corrected chi connectivity index (χ1v) is 7.56. The zero-order valence-electron chi connectivity index (χ0n) is 11.3. The van der Waals surface area contributed by atoms with E-state index in [1.165, 1.54) is 0 Å². The third-order valence-electron chi connectivity index (χ3n) is 2.91. The standard InChI is InChI=1S/C9H13N4O9P/c10-6-3(8(15)16)2-13(9(17)11-6)5-1-4(14)7(21-5)12-22-23(18,19)20/h2,4-5,7,12,14H,1H2,(H,15,16)(H2,10,11,17)(H2,18,19,20)/t4-,5+,7-/m0/s1. The van der Waals surface area contributed by atoms with Crippen LogP contribution >= 0.6 is 7.82 Å². The van der Waals surface area contributed by atoms with Crippen molar-refractivity contribution in [1.82, 2.24) is 15.0 Å². The molecule has 0 radical (unpaired) electrons. The van der Waals surface area contributed by atoms with E-state index in [9.17, 15) is 19.3 Å². The van der Waals surface area contributed by atoms with E-state index in [0.29, 0.717) is 0 Å². The lowest BCUT2D eigenvalue weighted by molar-refractivity contribution is -0.0923. The lowest BCUT2D eigenvalue weighted by Crippen LogP contribution is -2.36. The zero-order valence-corrected chi connectivity index (χ0v) is 12.2. The monoisotopic (exact) mass is 352 g/mol. The topological polar surface area (TPSA) is 206 Å². The summed E-state index contributed by atoms with van der Waals surface area (Å²) < 4.78 is 20.5. The quantitative estimate of drug-likeness (QED) is 0.245. The van der Waals surface area contributed by atoms with Crippen LogP contribution in [0.1, 0.15) is 23.0 Å². The van der Waals surface area contributed by atoms with Crippen LogP contribution in [0.15, 0.2) is 11.0 Å². The zero-order chi connectivity index (χ0) is 17.4. The number of carbonyl (C=O) groups is 1. The molecule has 0 saturated carbocycles. The Hall–Kier alpha value is -1.86. The van der Waals surface area contributed by atoms with Crippen molar-refractivity contribution in [3.63, 3.8) is 0 Å². The molecule has 1 saturated heterocycles. The molecule has 0 spiro atoms. The van der Waals surface area contributed by atoms with Crippen molar-refractivity contribution < 1.29 is 38.7 Å². The van der Waals surface area contributed by atoms with E-state index in [1.807, 2.05) is 5.48 Å². The maximum atomic E-state index is 11.8. The van der Waals surface area contributed by atoms with Gasteiger partial charge in [-0.1, -0.05) is 0 Å². The summed E-state index contributed by atoms with van der Waals surface area (Å²) >= 11 is 0. The van der Waals surface area contributed by atoms with Crippen LogP contribution in [0.3, 0.4) is 0 Å². The molecule has 14 heteroatoms. The van der Waals surface area contributed by atoms with Crippen molar-refractivity contribution in [3.05, 3.63) is 22.2 Å². The molecule has 13 nitrogen and oxygen atoms in total. The van der Waals surface area contributed by atoms with Crippen molar-refractivity contribution in [2.45, 2.75) is 25.0 Å². The lowest BCUT2D eigenvalue weighted by atomic mass is 10.2. The highest BCUT2D eigenvalue weighted by molar-refractivity contribution is 7.46. The van der Waals surface area contributed by atoms with Gasteiger partial charge >= 0.3 is 19.5 Å². The van der Waals surface area contributed by atoms with Gasteiger partial charge in [-0.25, -0.2) is 14.2 Å². The molecular formula is C9H13N4O9P. The van der Waals surface area contributed by atoms with Gasteiger partial charge in [-0.15, -0.1) is 0 Å². The number of aliphatic hydroxyl groups is 1. The Balaban J connectivity index is 2.21. The summed E-state index contributed by atoms with van der Waals surface area (Å²) in [6.45, 7) is 0. The SMILES string of the molecule is Nc1nc(=O)n([C@H]2C[C@H](O)[C@@H](NOP(=O)(O)O)O2)cc1C(=O)O. The Morgan fingerprint density at radius 1 is 1.57 bits per heavy atom. The summed E-state index contributed by atoms with van der Waals surface area (Å²) in [4.78, 5) is 43.2. The van der Waals surface area contributed by atoms with Crippen molar-refractivity contribution in [3.8, 4) is 0 Å². The number of nitrogens with two attached hydrogens (primary N) is 1. The number of hydrogen-bond donors (Lipinski definition) is 6. The number of phosphoric acid groups is 1. The summed E-state index contributed by atoms with van der Waals surface area (Å²) in [5.41, 5.74) is 5.80. The average molecular weight is 352 g/mol. The number of carboxylic acids is 1. The van der Waals surface area contributed by atoms with Crippen LogP contribution in [0.2, 0.25) is 0 Å². The Morgan fingerprint density at radius 2 is 2.22 bits per heavy atom. The van der Waals surface area contributed by atoms with Gasteiger partial charge in [0.1, 0.15) is 17.6 Å². The Kier molecular flexibility index (Phi) is 4.81. The van der Waals surface area contributed by atoms with Gasteiger partial charge in [0.15, 0.2) is 6.23 Å². The van der Waals surface area contributed by atoms with Gasteiger partial charge in [-0.05, 0) is 0 Å². The van der Waals surface area contributed by atoms with Gasteiger partial charge in [0.25, 0.3) is 0 Å². The van der Waals surface area contributed by atoms with E-state index in [0.717, 1.165) is 10.8 Å². The minimum Gasteiger partial charge on any atom is -0.478 e. The van der Waals surface area contributed by atoms with Gasteiger partial charge in [-0.2, -0.15) is 15.1 Å². The van der Waals surface area contributed by atoms with Gasteiger partial charge < -0.3 is 30.5 Å². The van der Waals surface area contributed by atoms with Crippen LogP contribution in [-0.4, -0.2) is 47.9 Å². The van der Waals surface area contributed by atoms with Crippen LogP contribution in [0.4, 0.5) is 5.82 Å². The fourth-order valence-electron chi connectivity index (χ4n) is 1.90. The van der Waals surface area contributed by atoms with Crippen LogP contribution < -0.4 is 16.9 Å². The number of aliphatic hydroxyl groups excluding tert-OH is 1.